The number of aromatic nitrogens is 1. The van der Waals surface area contributed by atoms with Crippen LogP contribution in [0.3, 0.4) is 0 Å². The number of nitrogens with zero attached hydrogens (tertiary/aromatic N) is 4. The predicted octanol–water partition coefficient (Wildman–Crippen LogP) is 3.50. The third-order valence-corrected chi connectivity index (χ3v) is 4.67. The highest BCUT2D eigenvalue weighted by atomic mass is 19.1. The highest BCUT2D eigenvalue weighted by Crippen LogP contribution is 2.29. The smallest absolute Gasteiger partial charge is 0.146 e. The summed E-state index contributed by atoms with van der Waals surface area (Å²) in [5.74, 6) is -0.350. The monoisotopic (exact) mass is 342 g/mol. The maximum absolute atomic E-state index is 14.2. The Bertz CT molecular complexity index is 779. The zero-order valence-corrected chi connectivity index (χ0v) is 14.1. The molecule has 3 rings (SSSR count). The van der Waals surface area contributed by atoms with Gasteiger partial charge in [-0.05, 0) is 24.6 Å². The first-order valence-corrected chi connectivity index (χ1v) is 8.43. The van der Waals surface area contributed by atoms with Gasteiger partial charge in [0.25, 0.3) is 0 Å². The molecule has 25 heavy (non-hydrogen) atoms. The Hall–Kier alpha value is -2.52. The fourth-order valence-corrected chi connectivity index (χ4v) is 3.43. The van der Waals surface area contributed by atoms with Crippen molar-refractivity contribution in [2.75, 3.05) is 31.1 Å². The lowest BCUT2D eigenvalue weighted by Gasteiger charge is -2.40. The fraction of sp³-hybridized carbons (Fsp3) is 0.368. The van der Waals surface area contributed by atoms with Gasteiger partial charge < -0.3 is 4.90 Å². The molecule has 4 nitrogen and oxygen atoms in total. The summed E-state index contributed by atoms with van der Waals surface area (Å²) in [4.78, 5) is 8.62. The second-order valence-electron chi connectivity index (χ2n) is 6.10. The lowest BCUT2D eigenvalue weighted by atomic mass is 10.0. The largest absolute Gasteiger partial charge is 0.353 e. The molecule has 130 valence electrons. The van der Waals surface area contributed by atoms with Crippen LogP contribution in [0.25, 0.3) is 0 Å². The molecule has 0 radical (unpaired) electrons. The average Bonchev–Trinajstić information content (AvgIpc) is 2.64. The van der Waals surface area contributed by atoms with Crippen molar-refractivity contribution >= 4 is 5.82 Å². The number of benzene rings is 1. The molecular formula is C19H20F2N4. The molecule has 0 N–H and O–H groups in total. The molecule has 0 bridgehead atoms. The van der Waals surface area contributed by atoms with E-state index in [9.17, 15) is 14.0 Å². The van der Waals surface area contributed by atoms with Gasteiger partial charge in [-0.1, -0.05) is 13.0 Å². The molecule has 1 saturated heterocycles. The summed E-state index contributed by atoms with van der Waals surface area (Å²) in [7, 11) is 0. The van der Waals surface area contributed by atoms with Crippen LogP contribution in [-0.2, 0) is 0 Å². The summed E-state index contributed by atoms with van der Waals surface area (Å²) in [6.07, 6.45) is 2.43. The van der Waals surface area contributed by atoms with Crippen molar-refractivity contribution in [2.45, 2.75) is 19.4 Å². The topological polar surface area (TPSA) is 43.2 Å². The summed E-state index contributed by atoms with van der Waals surface area (Å²) in [5.41, 5.74) is 1.10. The third-order valence-electron chi connectivity index (χ3n) is 4.67. The van der Waals surface area contributed by atoms with Crippen LogP contribution >= 0.6 is 0 Å². The minimum Gasteiger partial charge on any atom is -0.353 e. The second kappa shape index (κ2) is 7.58. The highest BCUT2D eigenvalue weighted by molar-refractivity contribution is 5.53. The van der Waals surface area contributed by atoms with Crippen molar-refractivity contribution in [1.29, 1.82) is 5.26 Å². The molecule has 1 unspecified atom stereocenters. The van der Waals surface area contributed by atoms with Crippen LogP contribution in [0.2, 0.25) is 0 Å². The fourth-order valence-electron chi connectivity index (χ4n) is 3.43. The van der Waals surface area contributed by atoms with E-state index >= 15 is 0 Å². The van der Waals surface area contributed by atoms with Gasteiger partial charge in [0.05, 0.1) is 5.56 Å². The Kier molecular flexibility index (Phi) is 5.25. The highest BCUT2D eigenvalue weighted by Gasteiger charge is 2.27. The molecule has 0 amide bonds. The average molecular weight is 342 g/mol. The molecular weight excluding hydrogens is 322 g/mol. The van der Waals surface area contributed by atoms with E-state index in [0.29, 0.717) is 30.0 Å². The molecule has 0 saturated carbocycles. The summed E-state index contributed by atoms with van der Waals surface area (Å²) >= 11 is 0. The Morgan fingerprint density at radius 2 is 1.96 bits per heavy atom. The molecule has 1 aromatic carbocycles. The van der Waals surface area contributed by atoms with E-state index in [4.69, 9.17) is 0 Å². The first-order chi connectivity index (χ1) is 12.1. The van der Waals surface area contributed by atoms with Crippen LogP contribution < -0.4 is 4.90 Å². The van der Waals surface area contributed by atoms with Crippen molar-refractivity contribution in [1.82, 2.24) is 9.88 Å². The second-order valence-corrected chi connectivity index (χ2v) is 6.10. The summed E-state index contributed by atoms with van der Waals surface area (Å²) in [5, 5.41) is 9.23. The van der Waals surface area contributed by atoms with Crippen LogP contribution in [0.4, 0.5) is 14.6 Å². The molecule has 1 aromatic heterocycles. The molecule has 1 aliphatic heterocycles. The summed E-state index contributed by atoms with van der Waals surface area (Å²) < 4.78 is 27.3. The van der Waals surface area contributed by atoms with E-state index in [1.54, 1.807) is 18.3 Å². The van der Waals surface area contributed by atoms with Gasteiger partial charge in [-0.15, -0.1) is 0 Å². The molecule has 0 spiro atoms. The first kappa shape index (κ1) is 17.3. The Labute approximate surface area is 146 Å². The van der Waals surface area contributed by atoms with Crippen molar-refractivity contribution in [3.05, 3.63) is 59.3 Å². The molecule has 2 aromatic rings. The van der Waals surface area contributed by atoms with Gasteiger partial charge in [-0.2, -0.15) is 5.26 Å². The van der Waals surface area contributed by atoms with Gasteiger partial charge in [-0.3, -0.25) is 4.90 Å². The van der Waals surface area contributed by atoms with Crippen LogP contribution in [0, 0.1) is 23.0 Å². The normalized spacial score (nSPS) is 16.5. The van der Waals surface area contributed by atoms with Gasteiger partial charge >= 0.3 is 0 Å². The van der Waals surface area contributed by atoms with Gasteiger partial charge in [0.1, 0.15) is 23.5 Å². The molecule has 1 aliphatic rings. The van der Waals surface area contributed by atoms with E-state index in [1.807, 2.05) is 6.92 Å². The van der Waals surface area contributed by atoms with Crippen LogP contribution in [0.1, 0.15) is 30.5 Å². The van der Waals surface area contributed by atoms with Gasteiger partial charge in [-0.25, -0.2) is 13.8 Å². The number of halogens is 2. The number of hydrogen-bond donors (Lipinski definition) is 0. The van der Waals surface area contributed by atoms with E-state index in [0.717, 1.165) is 25.6 Å². The van der Waals surface area contributed by atoms with Crippen molar-refractivity contribution in [3.63, 3.8) is 0 Å². The Morgan fingerprint density at radius 3 is 2.60 bits per heavy atom. The molecule has 1 atom stereocenters. The number of rotatable bonds is 4. The van der Waals surface area contributed by atoms with E-state index < -0.39 is 11.6 Å². The van der Waals surface area contributed by atoms with E-state index in [2.05, 4.69) is 20.9 Å². The molecule has 1 fully saturated rings. The summed E-state index contributed by atoms with van der Waals surface area (Å²) in [6, 6.07) is 9.40. The van der Waals surface area contributed by atoms with Crippen LogP contribution in [-0.4, -0.2) is 36.1 Å². The maximum Gasteiger partial charge on any atom is 0.146 e. The van der Waals surface area contributed by atoms with E-state index in [1.165, 1.54) is 12.1 Å². The minimum absolute atomic E-state index is 0.0816. The van der Waals surface area contributed by atoms with E-state index in [-0.39, 0.29) is 6.04 Å². The summed E-state index contributed by atoms with van der Waals surface area (Å²) in [6.45, 7) is 4.90. The van der Waals surface area contributed by atoms with Gasteiger partial charge in [0.2, 0.25) is 0 Å². The third kappa shape index (κ3) is 3.62. The Morgan fingerprint density at radius 1 is 1.20 bits per heavy atom. The molecule has 6 heteroatoms. The quantitative estimate of drug-likeness (QED) is 0.853. The van der Waals surface area contributed by atoms with Crippen LogP contribution in [0.15, 0.2) is 36.5 Å². The van der Waals surface area contributed by atoms with Crippen molar-refractivity contribution in [2.24, 2.45) is 0 Å². The maximum atomic E-state index is 14.2. The lowest BCUT2D eigenvalue weighted by molar-refractivity contribution is 0.177. The first-order valence-electron chi connectivity index (χ1n) is 8.43. The number of hydrogen-bond acceptors (Lipinski definition) is 4. The lowest BCUT2D eigenvalue weighted by Crippen LogP contribution is -2.48. The predicted molar refractivity (Wildman–Crippen MR) is 92.1 cm³/mol. The molecule has 2 heterocycles. The zero-order chi connectivity index (χ0) is 17.8. The number of piperazine rings is 1. The zero-order valence-electron chi connectivity index (χ0n) is 14.1. The van der Waals surface area contributed by atoms with Gasteiger partial charge in [0.15, 0.2) is 0 Å². The van der Waals surface area contributed by atoms with Crippen molar-refractivity contribution < 1.29 is 8.78 Å². The van der Waals surface area contributed by atoms with Gasteiger partial charge in [0, 0.05) is 50.0 Å². The SMILES string of the molecule is CCC(c1ccc(F)cc1F)N1CCN(c2ncccc2C#N)CC1. The molecule has 0 aliphatic carbocycles. The van der Waals surface area contributed by atoms with Crippen molar-refractivity contribution in [3.8, 4) is 6.07 Å². The van der Waals surface area contributed by atoms with Crippen LogP contribution in [0.5, 0.6) is 0 Å². The minimum atomic E-state index is -0.555. The Balaban J connectivity index is 1.73. The number of nitriles is 1. The standard InChI is InChI=1S/C19H20F2N4/c1-2-18(16-6-5-15(20)12-17(16)21)24-8-10-25(11-9-24)19-14(13-22)4-3-7-23-19/h3-7,12,18H,2,8-11H2,1H3. The number of pyridine rings is 1. The number of anilines is 1.